The molecule has 1 saturated heterocycles. The molecule has 1 heterocycles. The van der Waals surface area contributed by atoms with Gasteiger partial charge in [0.2, 0.25) is 0 Å². The molecule has 6 heteroatoms. The standard InChI is InChI=1S/C20H25N3O3/c1-15-8-10-23(11-9-15)19(24)14-26-20(25)17(13-21)12-16-4-6-18(7-5-16)22(2)3/h4-7,12,15H,8-11,14H2,1-3H3. The summed E-state index contributed by atoms with van der Waals surface area (Å²) in [6, 6.07) is 9.28. The number of nitrogens with zero attached hydrogens (tertiary/aromatic N) is 3. The molecule has 1 aliphatic heterocycles. The van der Waals surface area contributed by atoms with Gasteiger partial charge in [0, 0.05) is 32.9 Å². The van der Waals surface area contributed by atoms with E-state index >= 15 is 0 Å². The topological polar surface area (TPSA) is 73.6 Å². The van der Waals surface area contributed by atoms with Crippen LogP contribution in [0.15, 0.2) is 29.8 Å². The number of carbonyl (C=O) groups excluding carboxylic acids is 2. The van der Waals surface area contributed by atoms with Gasteiger partial charge in [0.25, 0.3) is 5.91 Å². The van der Waals surface area contributed by atoms with E-state index < -0.39 is 5.97 Å². The normalized spacial score (nSPS) is 15.3. The van der Waals surface area contributed by atoms with Crippen LogP contribution in [0.4, 0.5) is 5.69 Å². The molecule has 26 heavy (non-hydrogen) atoms. The first-order chi connectivity index (χ1) is 12.4. The number of piperidine rings is 1. The van der Waals surface area contributed by atoms with Crippen molar-refractivity contribution in [2.24, 2.45) is 5.92 Å². The maximum Gasteiger partial charge on any atom is 0.349 e. The van der Waals surface area contributed by atoms with Gasteiger partial charge in [-0.3, -0.25) is 4.79 Å². The summed E-state index contributed by atoms with van der Waals surface area (Å²) < 4.78 is 5.04. The van der Waals surface area contributed by atoms with E-state index in [-0.39, 0.29) is 18.1 Å². The molecule has 0 spiro atoms. The highest BCUT2D eigenvalue weighted by Crippen LogP contribution is 2.17. The predicted octanol–water partition coefficient (Wildman–Crippen LogP) is 2.46. The average molecular weight is 355 g/mol. The Kier molecular flexibility index (Phi) is 6.79. The Hall–Kier alpha value is -2.81. The van der Waals surface area contributed by atoms with Gasteiger partial charge in [0.15, 0.2) is 6.61 Å². The SMILES string of the molecule is CC1CCN(C(=O)COC(=O)C(C#N)=Cc2ccc(N(C)C)cc2)CC1. The fourth-order valence-electron chi connectivity index (χ4n) is 2.73. The molecule has 2 rings (SSSR count). The molecule has 0 radical (unpaired) electrons. The third-order valence-electron chi connectivity index (χ3n) is 4.52. The second kappa shape index (κ2) is 9.04. The highest BCUT2D eigenvalue weighted by molar-refractivity contribution is 5.98. The van der Waals surface area contributed by atoms with Crippen LogP contribution in [0, 0.1) is 17.2 Å². The van der Waals surface area contributed by atoms with Crippen molar-refractivity contribution in [1.29, 1.82) is 5.26 Å². The zero-order valence-corrected chi connectivity index (χ0v) is 15.6. The van der Waals surface area contributed by atoms with Crippen molar-refractivity contribution in [2.75, 3.05) is 38.7 Å². The van der Waals surface area contributed by atoms with Crippen LogP contribution in [-0.4, -0.2) is 50.6 Å². The minimum Gasteiger partial charge on any atom is -0.451 e. The monoisotopic (exact) mass is 355 g/mol. The van der Waals surface area contributed by atoms with Crippen LogP contribution < -0.4 is 4.90 Å². The number of anilines is 1. The Morgan fingerprint density at radius 1 is 1.27 bits per heavy atom. The van der Waals surface area contributed by atoms with E-state index in [4.69, 9.17) is 4.74 Å². The fourth-order valence-corrected chi connectivity index (χ4v) is 2.73. The van der Waals surface area contributed by atoms with E-state index in [9.17, 15) is 14.9 Å². The van der Waals surface area contributed by atoms with Crippen molar-refractivity contribution >= 4 is 23.6 Å². The highest BCUT2D eigenvalue weighted by Gasteiger charge is 2.22. The number of hydrogen-bond acceptors (Lipinski definition) is 5. The Balaban J connectivity index is 1.93. The Morgan fingerprint density at radius 2 is 1.88 bits per heavy atom. The lowest BCUT2D eigenvalue weighted by atomic mass is 9.99. The van der Waals surface area contributed by atoms with Crippen molar-refractivity contribution in [2.45, 2.75) is 19.8 Å². The first-order valence-corrected chi connectivity index (χ1v) is 8.74. The predicted molar refractivity (Wildman–Crippen MR) is 100 cm³/mol. The zero-order chi connectivity index (χ0) is 19.1. The molecule has 1 amide bonds. The molecule has 0 saturated carbocycles. The first kappa shape index (κ1) is 19.5. The summed E-state index contributed by atoms with van der Waals surface area (Å²) in [6.45, 7) is 3.22. The number of rotatable bonds is 5. The van der Waals surface area contributed by atoms with Gasteiger partial charge in [0.1, 0.15) is 11.6 Å². The summed E-state index contributed by atoms with van der Waals surface area (Å²) in [6.07, 6.45) is 3.40. The number of likely N-dealkylation sites (tertiary alicyclic amines) is 1. The highest BCUT2D eigenvalue weighted by atomic mass is 16.5. The summed E-state index contributed by atoms with van der Waals surface area (Å²) in [5.74, 6) is -0.366. The number of amides is 1. The zero-order valence-electron chi connectivity index (χ0n) is 15.6. The van der Waals surface area contributed by atoms with Crippen LogP contribution in [0.1, 0.15) is 25.3 Å². The fraction of sp³-hybridized carbons (Fsp3) is 0.450. The van der Waals surface area contributed by atoms with Gasteiger partial charge in [-0.1, -0.05) is 19.1 Å². The van der Waals surface area contributed by atoms with Gasteiger partial charge in [-0.25, -0.2) is 4.79 Å². The van der Waals surface area contributed by atoms with Crippen LogP contribution in [-0.2, 0) is 14.3 Å². The largest absolute Gasteiger partial charge is 0.451 e. The molecular weight excluding hydrogens is 330 g/mol. The number of ether oxygens (including phenoxy) is 1. The first-order valence-electron chi connectivity index (χ1n) is 8.74. The maximum absolute atomic E-state index is 12.1. The summed E-state index contributed by atoms with van der Waals surface area (Å²) >= 11 is 0. The molecule has 0 atom stereocenters. The van der Waals surface area contributed by atoms with E-state index in [1.807, 2.05) is 49.3 Å². The molecule has 1 aliphatic rings. The third kappa shape index (κ3) is 5.35. The Morgan fingerprint density at radius 3 is 2.42 bits per heavy atom. The summed E-state index contributed by atoms with van der Waals surface area (Å²) in [7, 11) is 3.87. The van der Waals surface area contributed by atoms with Gasteiger partial charge in [-0.15, -0.1) is 0 Å². The molecule has 6 nitrogen and oxygen atoms in total. The lowest BCUT2D eigenvalue weighted by Gasteiger charge is -2.30. The van der Waals surface area contributed by atoms with E-state index in [1.54, 1.807) is 4.90 Å². The smallest absolute Gasteiger partial charge is 0.349 e. The van der Waals surface area contributed by atoms with Crippen LogP contribution in [0.5, 0.6) is 0 Å². The van der Waals surface area contributed by atoms with Crippen molar-refractivity contribution in [3.05, 3.63) is 35.4 Å². The van der Waals surface area contributed by atoms with Gasteiger partial charge < -0.3 is 14.5 Å². The van der Waals surface area contributed by atoms with Gasteiger partial charge in [0.05, 0.1) is 0 Å². The second-order valence-electron chi connectivity index (χ2n) is 6.80. The number of hydrogen-bond donors (Lipinski definition) is 0. The van der Waals surface area contributed by atoms with E-state index in [1.165, 1.54) is 6.08 Å². The van der Waals surface area contributed by atoms with Gasteiger partial charge >= 0.3 is 5.97 Å². The lowest BCUT2D eigenvalue weighted by Crippen LogP contribution is -2.40. The minimum absolute atomic E-state index is 0.123. The van der Waals surface area contributed by atoms with Crippen LogP contribution in [0.3, 0.4) is 0 Å². The molecule has 0 bridgehead atoms. The Labute approximate surface area is 154 Å². The van der Waals surface area contributed by atoms with Crippen molar-refractivity contribution in [3.8, 4) is 6.07 Å². The van der Waals surface area contributed by atoms with Crippen LogP contribution >= 0.6 is 0 Å². The molecule has 0 aromatic heterocycles. The third-order valence-corrected chi connectivity index (χ3v) is 4.52. The molecule has 138 valence electrons. The molecule has 1 aromatic rings. The van der Waals surface area contributed by atoms with Crippen molar-refractivity contribution in [3.63, 3.8) is 0 Å². The summed E-state index contributed by atoms with van der Waals surface area (Å²) in [5.41, 5.74) is 1.62. The molecule has 0 N–H and O–H groups in total. The van der Waals surface area contributed by atoms with E-state index in [0.717, 1.165) is 24.1 Å². The quantitative estimate of drug-likeness (QED) is 0.461. The van der Waals surface area contributed by atoms with E-state index in [0.29, 0.717) is 19.0 Å². The number of carbonyl (C=O) groups is 2. The second-order valence-corrected chi connectivity index (χ2v) is 6.80. The molecule has 1 fully saturated rings. The summed E-state index contributed by atoms with van der Waals surface area (Å²) in [5, 5.41) is 9.22. The van der Waals surface area contributed by atoms with Crippen LogP contribution in [0.2, 0.25) is 0 Å². The van der Waals surface area contributed by atoms with Gasteiger partial charge in [-0.2, -0.15) is 5.26 Å². The lowest BCUT2D eigenvalue weighted by molar-refractivity contribution is -0.149. The molecule has 0 aliphatic carbocycles. The average Bonchev–Trinajstić information content (AvgIpc) is 2.64. The Bertz CT molecular complexity index is 709. The van der Waals surface area contributed by atoms with Gasteiger partial charge in [-0.05, 0) is 42.5 Å². The number of benzene rings is 1. The molecule has 0 unspecified atom stereocenters. The maximum atomic E-state index is 12.1. The van der Waals surface area contributed by atoms with Crippen LogP contribution in [0.25, 0.3) is 6.08 Å². The summed E-state index contributed by atoms with van der Waals surface area (Å²) in [4.78, 5) is 27.9. The number of nitriles is 1. The van der Waals surface area contributed by atoms with E-state index in [2.05, 4.69) is 6.92 Å². The molecule has 1 aromatic carbocycles. The molecular formula is C20H25N3O3. The van der Waals surface area contributed by atoms with Crippen molar-refractivity contribution < 1.29 is 14.3 Å². The number of esters is 1. The minimum atomic E-state index is -0.775. The van der Waals surface area contributed by atoms with Crippen molar-refractivity contribution in [1.82, 2.24) is 4.90 Å².